The Kier molecular flexibility index (Phi) is 8.28. The van der Waals surface area contributed by atoms with Gasteiger partial charge in [-0.05, 0) is 19.9 Å². The number of rotatable bonds is 10. The van der Waals surface area contributed by atoms with E-state index in [9.17, 15) is 43.9 Å². The maximum absolute atomic E-state index is 15.0. The molecule has 34 heavy (non-hydrogen) atoms. The van der Waals surface area contributed by atoms with Crippen LogP contribution in [0.25, 0.3) is 0 Å². The van der Waals surface area contributed by atoms with E-state index in [-0.39, 0.29) is 29.3 Å². The molecule has 0 radical (unpaired) electrons. The number of ether oxygens (including phenoxy) is 2. The Labute approximate surface area is 185 Å². The first-order chi connectivity index (χ1) is 15.0. The molecule has 0 aliphatic carbocycles. The molecule has 0 spiro atoms. The van der Waals surface area contributed by atoms with E-state index in [1.54, 1.807) is 0 Å². The lowest BCUT2D eigenvalue weighted by Gasteiger charge is -2.37. The van der Waals surface area contributed by atoms with Crippen LogP contribution in [0.1, 0.15) is 25.0 Å². The molecule has 0 fully saturated rings. The van der Waals surface area contributed by atoms with Crippen LogP contribution in [0.5, 0.6) is 0 Å². The zero-order valence-electron chi connectivity index (χ0n) is 17.5. The van der Waals surface area contributed by atoms with Gasteiger partial charge in [-0.15, -0.1) is 0 Å². The van der Waals surface area contributed by atoms with Gasteiger partial charge < -0.3 is 9.47 Å². The van der Waals surface area contributed by atoms with Crippen LogP contribution in [0.4, 0.5) is 52.7 Å². The minimum absolute atomic E-state index is 0.0640. The van der Waals surface area contributed by atoms with Crippen molar-refractivity contribution < 1.29 is 62.2 Å². The fourth-order valence-electron chi connectivity index (χ4n) is 2.57. The fourth-order valence-corrected chi connectivity index (χ4v) is 2.57. The molecule has 2 atom stereocenters. The molecule has 0 heterocycles. The number of benzene rings is 1. The molecular weight excluding hydrogens is 500 g/mol. The molecule has 0 aliphatic rings. The summed E-state index contributed by atoms with van der Waals surface area (Å²) in [7, 11) is 0. The third kappa shape index (κ3) is 5.37. The fraction of sp³-hybridized carbons (Fsp3) is 0.500. The zero-order valence-corrected chi connectivity index (χ0v) is 17.5. The van der Waals surface area contributed by atoms with Gasteiger partial charge in [-0.25, -0.2) is 8.78 Å². The number of hydrogen-bond donors (Lipinski definition) is 0. The second kappa shape index (κ2) is 9.44. The molecule has 1 rings (SSSR count). The van der Waals surface area contributed by atoms with Crippen molar-refractivity contribution in [3.63, 3.8) is 0 Å². The van der Waals surface area contributed by atoms with E-state index in [1.165, 1.54) is 0 Å². The Bertz CT molecular complexity index is 836. The van der Waals surface area contributed by atoms with E-state index in [4.69, 9.17) is 0 Å². The highest BCUT2D eigenvalue weighted by atomic mass is 19.4. The highest BCUT2D eigenvalue weighted by Gasteiger charge is 2.76. The lowest BCUT2D eigenvalue weighted by molar-refractivity contribution is -0.389. The molecule has 0 bridgehead atoms. The first kappa shape index (κ1) is 29.8. The van der Waals surface area contributed by atoms with Gasteiger partial charge in [0.1, 0.15) is 0 Å². The van der Waals surface area contributed by atoms with Crippen LogP contribution in [0, 0.1) is 0 Å². The maximum Gasteiger partial charge on any atom is 0.435 e. The largest absolute Gasteiger partial charge is 0.435 e. The summed E-state index contributed by atoms with van der Waals surface area (Å²) in [5.41, 5.74) is -17.0. The molecule has 1 aromatic rings. The molecule has 14 heteroatoms. The molecule has 2 unspecified atom stereocenters. The van der Waals surface area contributed by atoms with Crippen molar-refractivity contribution >= 4 is 0 Å². The third-order valence-corrected chi connectivity index (χ3v) is 4.24. The van der Waals surface area contributed by atoms with Crippen molar-refractivity contribution in [3.8, 4) is 0 Å². The van der Waals surface area contributed by atoms with E-state index < -0.39 is 66.3 Å². The summed E-state index contributed by atoms with van der Waals surface area (Å²) in [5, 5.41) is 0. The van der Waals surface area contributed by atoms with Crippen molar-refractivity contribution in [1.29, 1.82) is 0 Å². The van der Waals surface area contributed by atoms with E-state index in [0.29, 0.717) is 0 Å². The standard InChI is InChI=1S/C20H18F12O2/c1-11(2)9-33-19(29,30)15(21,17(23,24)25)13-6-5-7-14(8-13)16(22,18(26,27)28)20(31,32)34-10-12(3)4/h5-8H,1,3,9-10H2,2,4H3. The van der Waals surface area contributed by atoms with E-state index in [1.807, 2.05) is 0 Å². The van der Waals surface area contributed by atoms with Crippen molar-refractivity contribution in [2.75, 3.05) is 13.2 Å². The average Bonchev–Trinajstić information content (AvgIpc) is 2.67. The van der Waals surface area contributed by atoms with E-state index in [2.05, 4.69) is 22.6 Å². The van der Waals surface area contributed by atoms with Gasteiger partial charge in [-0.2, -0.15) is 43.9 Å². The van der Waals surface area contributed by atoms with Crippen molar-refractivity contribution in [3.05, 3.63) is 59.7 Å². The van der Waals surface area contributed by atoms with Crippen LogP contribution in [-0.2, 0) is 20.8 Å². The highest BCUT2D eigenvalue weighted by Crippen LogP contribution is 2.56. The minimum atomic E-state index is -6.56. The van der Waals surface area contributed by atoms with Crippen LogP contribution < -0.4 is 0 Å². The van der Waals surface area contributed by atoms with Gasteiger partial charge in [0.05, 0.1) is 13.2 Å². The molecule has 2 nitrogen and oxygen atoms in total. The predicted molar refractivity (Wildman–Crippen MR) is 95.6 cm³/mol. The Morgan fingerprint density at radius 2 is 0.941 bits per heavy atom. The Morgan fingerprint density at radius 1 is 0.647 bits per heavy atom. The van der Waals surface area contributed by atoms with Crippen molar-refractivity contribution in [2.45, 2.75) is 49.8 Å². The smallest absolute Gasteiger partial charge is 0.313 e. The topological polar surface area (TPSA) is 18.5 Å². The second-order valence-corrected chi connectivity index (χ2v) is 7.42. The Hall–Kier alpha value is -2.22. The lowest BCUT2D eigenvalue weighted by atomic mass is 9.86. The van der Waals surface area contributed by atoms with Gasteiger partial charge in [-0.3, -0.25) is 0 Å². The summed E-state index contributed by atoms with van der Waals surface area (Å²) in [6.07, 6.45) is -24.7. The summed E-state index contributed by atoms with van der Waals surface area (Å²) in [6, 6.07) is -0.844. The molecule has 194 valence electrons. The van der Waals surface area contributed by atoms with Gasteiger partial charge in [0.25, 0.3) is 0 Å². The lowest BCUT2D eigenvalue weighted by Crippen LogP contribution is -2.56. The van der Waals surface area contributed by atoms with Crippen LogP contribution in [0.15, 0.2) is 48.6 Å². The van der Waals surface area contributed by atoms with Gasteiger partial charge in [0.15, 0.2) is 0 Å². The predicted octanol–water partition coefficient (Wildman–Crippen LogP) is 7.51. The van der Waals surface area contributed by atoms with Crippen molar-refractivity contribution in [2.24, 2.45) is 0 Å². The molecule has 0 saturated carbocycles. The molecule has 0 N–H and O–H groups in total. The van der Waals surface area contributed by atoms with E-state index in [0.717, 1.165) is 13.8 Å². The average molecular weight is 518 g/mol. The number of alkyl halides is 12. The number of hydrogen-bond acceptors (Lipinski definition) is 2. The quantitative estimate of drug-likeness (QED) is 0.236. The monoisotopic (exact) mass is 518 g/mol. The molecule has 0 amide bonds. The molecule has 0 saturated heterocycles. The SMILES string of the molecule is C=C(C)COC(F)(F)C(F)(c1cccc(C(F)(C(F)(F)F)C(F)(F)OCC(=C)C)c1)C(F)(F)F. The Morgan fingerprint density at radius 3 is 1.18 bits per heavy atom. The molecule has 1 aromatic carbocycles. The van der Waals surface area contributed by atoms with Crippen LogP contribution in [0.2, 0.25) is 0 Å². The minimum Gasteiger partial charge on any atom is -0.313 e. The van der Waals surface area contributed by atoms with Crippen LogP contribution >= 0.6 is 0 Å². The summed E-state index contributed by atoms with van der Waals surface area (Å²) in [5.74, 6) is 0. The maximum atomic E-state index is 15.0. The van der Waals surface area contributed by atoms with E-state index >= 15 is 8.78 Å². The van der Waals surface area contributed by atoms with Gasteiger partial charge in [0.2, 0.25) is 0 Å². The molecule has 0 aliphatic heterocycles. The normalized spacial score (nSPS) is 17.1. The molecule has 0 aromatic heterocycles. The van der Waals surface area contributed by atoms with Gasteiger partial charge in [-0.1, -0.05) is 42.5 Å². The summed E-state index contributed by atoms with van der Waals surface area (Å²) in [4.78, 5) is 0. The third-order valence-electron chi connectivity index (χ3n) is 4.24. The van der Waals surface area contributed by atoms with Gasteiger partial charge >= 0.3 is 35.9 Å². The van der Waals surface area contributed by atoms with Crippen molar-refractivity contribution in [1.82, 2.24) is 0 Å². The Balaban J connectivity index is 3.82. The zero-order chi connectivity index (χ0) is 27.0. The summed E-state index contributed by atoms with van der Waals surface area (Å²) in [6.45, 7) is 5.57. The summed E-state index contributed by atoms with van der Waals surface area (Å²) < 4.78 is 175. The first-order valence-electron chi connectivity index (χ1n) is 8.99. The summed E-state index contributed by atoms with van der Waals surface area (Å²) >= 11 is 0. The number of halogens is 12. The first-order valence-corrected chi connectivity index (χ1v) is 8.99. The second-order valence-electron chi connectivity index (χ2n) is 7.42. The molecular formula is C20H18F12O2. The highest BCUT2D eigenvalue weighted by molar-refractivity contribution is 5.36. The van der Waals surface area contributed by atoms with Crippen LogP contribution in [0.3, 0.4) is 0 Å². The van der Waals surface area contributed by atoms with Gasteiger partial charge in [0, 0.05) is 11.1 Å². The van der Waals surface area contributed by atoms with Crippen LogP contribution in [-0.4, -0.2) is 37.8 Å².